The molecule has 1 N–H and O–H groups in total. The Labute approximate surface area is 178 Å². The van der Waals surface area contributed by atoms with E-state index in [2.05, 4.69) is 15.1 Å². The van der Waals surface area contributed by atoms with E-state index in [0.717, 1.165) is 58.5 Å². The van der Waals surface area contributed by atoms with E-state index in [1.165, 1.54) is 0 Å². The van der Waals surface area contributed by atoms with E-state index in [4.69, 9.17) is 4.74 Å². The number of anilines is 1. The summed E-state index contributed by atoms with van der Waals surface area (Å²) < 4.78 is 5.10. The summed E-state index contributed by atoms with van der Waals surface area (Å²) in [6.07, 6.45) is 3.00. The average molecular weight is 417 g/mol. The van der Waals surface area contributed by atoms with E-state index in [0.29, 0.717) is 30.9 Å². The molecule has 0 radical (unpaired) electrons. The second-order valence-corrected chi connectivity index (χ2v) is 7.90. The molecule has 0 saturated carbocycles. The third kappa shape index (κ3) is 6.53. The first-order valence-electron chi connectivity index (χ1n) is 10.8. The average Bonchev–Trinajstić information content (AvgIpc) is 3.29. The maximum absolute atomic E-state index is 12.4. The Hall–Kier alpha value is -2.45. The van der Waals surface area contributed by atoms with Crippen molar-refractivity contribution in [1.29, 1.82) is 0 Å². The van der Waals surface area contributed by atoms with Crippen LogP contribution in [0.15, 0.2) is 24.3 Å². The molecule has 0 aromatic heterocycles. The zero-order valence-corrected chi connectivity index (χ0v) is 17.8. The molecule has 2 heterocycles. The highest BCUT2D eigenvalue weighted by molar-refractivity contribution is 5.94. The van der Waals surface area contributed by atoms with Crippen molar-refractivity contribution >= 4 is 23.5 Å². The molecule has 2 amide bonds. The fourth-order valence-corrected chi connectivity index (χ4v) is 3.73. The highest BCUT2D eigenvalue weighted by Crippen LogP contribution is 2.12. The Morgan fingerprint density at radius 2 is 1.50 bits per heavy atom. The van der Waals surface area contributed by atoms with Crippen molar-refractivity contribution in [3.63, 3.8) is 0 Å². The van der Waals surface area contributed by atoms with Crippen molar-refractivity contribution < 1.29 is 19.1 Å². The van der Waals surface area contributed by atoms with Crippen LogP contribution in [0.5, 0.6) is 0 Å². The number of nitrogens with zero attached hydrogens (tertiary/aromatic N) is 3. The van der Waals surface area contributed by atoms with Gasteiger partial charge in [0.2, 0.25) is 11.8 Å². The zero-order chi connectivity index (χ0) is 21.3. The molecular weight excluding hydrogens is 384 g/mol. The first-order valence-corrected chi connectivity index (χ1v) is 10.8. The van der Waals surface area contributed by atoms with Crippen molar-refractivity contribution in [2.45, 2.75) is 26.2 Å². The largest absolute Gasteiger partial charge is 0.462 e. The van der Waals surface area contributed by atoms with Crippen molar-refractivity contribution in [3.8, 4) is 0 Å². The molecule has 0 bridgehead atoms. The van der Waals surface area contributed by atoms with Crippen LogP contribution < -0.4 is 5.32 Å². The molecule has 2 aliphatic rings. The Balaban J connectivity index is 1.37. The maximum atomic E-state index is 12.4. The molecule has 0 aliphatic carbocycles. The normalized spacial score (nSPS) is 17.7. The highest BCUT2D eigenvalue weighted by Gasteiger charge is 2.24. The molecule has 8 nitrogen and oxygen atoms in total. The predicted octanol–water partition coefficient (Wildman–Crippen LogP) is 1.43. The van der Waals surface area contributed by atoms with Gasteiger partial charge in [-0.15, -0.1) is 0 Å². The Bertz CT molecular complexity index is 723. The van der Waals surface area contributed by atoms with Crippen molar-refractivity contribution in [2.75, 3.05) is 64.3 Å². The molecule has 0 atom stereocenters. The first-order chi connectivity index (χ1) is 14.5. The minimum Gasteiger partial charge on any atom is -0.462 e. The molecule has 1 aromatic rings. The summed E-state index contributed by atoms with van der Waals surface area (Å²) in [7, 11) is 0. The second kappa shape index (κ2) is 11.1. The van der Waals surface area contributed by atoms with Crippen LogP contribution in [-0.4, -0.2) is 91.4 Å². The third-order valence-electron chi connectivity index (χ3n) is 5.49. The highest BCUT2D eigenvalue weighted by atomic mass is 16.5. The van der Waals surface area contributed by atoms with Gasteiger partial charge in [-0.05, 0) is 43.5 Å². The number of likely N-dealkylation sites (tertiary alicyclic amines) is 1. The fraction of sp³-hybridized carbons (Fsp3) is 0.591. The van der Waals surface area contributed by atoms with E-state index in [9.17, 15) is 14.4 Å². The van der Waals surface area contributed by atoms with Gasteiger partial charge in [-0.1, -0.05) is 6.92 Å². The quantitative estimate of drug-likeness (QED) is 0.646. The Morgan fingerprint density at radius 3 is 2.10 bits per heavy atom. The van der Waals surface area contributed by atoms with Gasteiger partial charge in [-0.25, -0.2) is 4.79 Å². The summed E-state index contributed by atoms with van der Waals surface area (Å²) in [5.74, 6) is -0.213. The summed E-state index contributed by atoms with van der Waals surface area (Å²) in [6, 6.07) is 6.73. The fourth-order valence-electron chi connectivity index (χ4n) is 3.73. The number of amides is 2. The topological polar surface area (TPSA) is 82.2 Å². The third-order valence-corrected chi connectivity index (χ3v) is 5.49. The van der Waals surface area contributed by atoms with Crippen molar-refractivity contribution in [2.24, 2.45) is 0 Å². The second-order valence-electron chi connectivity index (χ2n) is 7.90. The molecule has 0 spiro atoms. The lowest BCUT2D eigenvalue weighted by molar-refractivity contribution is -0.132. The number of rotatable bonds is 8. The van der Waals surface area contributed by atoms with Crippen LogP contribution in [-0.2, 0) is 14.3 Å². The van der Waals surface area contributed by atoms with Crippen molar-refractivity contribution in [1.82, 2.24) is 14.7 Å². The molecule has 3 rings (SSSR count). The number of carbonyl (C=O) groups excluding carboxylic acids is 3. The molecule has 8 heteroatoms. The van der Waals surface area contributed by atoms with Gasteiger partial charge in [0, 0.05) is 45.0 Å². The van der Waals surface area contributed by atoms with Crippen LogP contribution in [0.1, 0.15) is 36.5 Å². The van der Waals surface area contributed by atoms with Crippen LogP contribution in [0, 0.1) is 0 Å². The summed E-state index contributed by atoms with van der Waals surface area (Å²) in [6.45, 7) is 8.03. The number of hydrogen-bond donors (Lipinski definition) is 1. The number of esters is 1. The number of hydrogen-bond acceptors (Lipinski definition) is 6. The minimum atomic E-state index is -0.351. The van der Waals surface area contributed by atoms with Gasteiger partial charge in [0.25, 0.3) is 0 Å². The van der Waals surface area contributed by atoms with Gasteiger partial charge >= 0.3 is 5.97 Å². The van der Waals surface area contributed by atoms with Gasteiger partial charge in [0.1, 0.15) is 0 Å². The molecular formula is C22H32N4O4. The van der Waals surface area contributed by atoms with Crippen LogP contribution in [0.4, 0.5) is 5.69 Å². The molecule has 0 unspecified atom stereocenters. The van der Waals surface area contributed by atoms with Gasteiger partial charge in [0.05, 0.1) is 25.3 Å². The van der Waals surface area contributed by atoms with Gasteiger partial charge < -0.3 is 15.0 Å². The molecule has 2 saturated heterocycles. The summed E-state index contributed by atoms with van der Waals surface area (Å²) in [5, 5.41) is 2.87. The summed E-state index contributed by atoms with van der Waals surface area (Å²) in [5.41, 5.74) is 1.13. The van der Waals surface area contributed by atoms with Gasteiger partial charge in [-0.3, -0.25) is 19.4 Å². The van der Waals surface area contributed by atoms with E-state index in [-0.39, 0.29) is 17.8 Å². The lowest BCUT2D eigenvalue weighted by Crippen LogP contribution is -2.51. The number of carbonyl (C=O) groups is 3. The zero-order valence-electron chi connectivity index (χ0n) is 17.8. The van der Waals surface area contributed by atoms with Crippen LogP contribution in [0.3, 0.4) is 0 Å². The SMILES string of the molecule is CCCOC(=O)c1ccc(NC(=O)CN2CCN(CC(=O)N3CCCC3)CC2)cc1. The monoisotopic (exact) mass is 416 g/mol. The molecule has 164 valence electrons. The van der Waals surface area contributed by atoms with E-state index in [1.807, 2.05) is 11.8 Å². The summed E-state index contributed by atoms with van der Waals surface area (Å²) in [4.78, 5) is 42.7. The van der Waals surface area contributed by atoms with Gasteiger partial charge in [0.15, 0.2) is 0 Å². The predicted molar refractivity (Wildman–Crippen MR) is 114 cm³/mol. The number of benzene rings is 1. The number of nitrogens with one attached hydrogen (secondary N) is 1. The number of piperazine rings is 1. The standard InChI is InChI=1S/C22H32N4O4/c1-2-15-30-22(29)18-5-7-19(8-6-18)23-20(27)16-24-11-13-25(14-12-24)17-21(28)26-9-3-4-10-26/h5-8H,2-4,9-17H2,1H3,(H,23,27). The molecule has 30 heavy (non-hydrogen) atoms. The van der Waals surface area contributed by atoms with E-state index in [1.54, 1.807) is 24.3 Å². The van der Waals surface area contributed by atoms with Crippen LogP contribution >= 0.6 is 0 Å². The number of ether oxygens (including phenoxy) is 1. The molecule has 2 aliphatic heterocycles. The van der Waals surface area contributed by atoms with Crippen molar-refractivity contribution in [3.05, 3.63) is 29.8 Å². The van der Waals surface area contributed by atoms with E-state index < -0.39 is 0 Å². The lowest BCUT2D eigenvalue weighted by Gasteiger charge is -2.34. The molecule has 2 fully saturated rings. The Kier molecular flexibility index (Phi) is 8.21. The first kappa shape index (κ1) is 22.2. The van der Waals surface area contributed by atoms with E-state index >= 15 is 0 Å². The minimum absolute atomic E-state index is 0.0853. The molecule has 1 aromatic carbocycles. The summed E-state index contributed by atoms with van der Waals surface area (Å²) >= 11 is 0. The maximum Gasteiger partial charge on any atom is 0.338 e. The van der Waals surface area contributed by atoms with Gasteiger partial charge in [-0.2, -0.15) is 0 Å². The van der Waals surface area contributed by atoms with Crippen LogP contribution in [0.25, 0.3) is 0 Å². The smallest absolute Gasteiger partial charge is 0.338 e. The van der Waals surface area contributed by atoms with Crippen LogP contribution in [0.2, 0.25) is 0 Å². The Morgan fingerprint density at radius 1 is 0.900 bits per heavy atom. The lowest BCUT2D eigenvalue weighted by atomic mass is 10.2.